The number of aryl methyl sites for hydroxylation is 4. The van der Waals surface area contributed by atoms with Gasteiger partial charge in [0.25, 0.3) is 0 Å². The summed E-state index contributed by atoms with van der Waals surface area (Å²) in [6, 6.07) is 10.9. The highest BCUT2D eigenvalue weighted by Crippen LogP contribution is 2.26. The Morgan fingerprint density at radius 3 is 1.85 bits per heavy atom. The maximum Gasteiger partial charge on any atom is 0.125 e. The van der Waals surface area contributed by atoms with E-state index in [0.29, 0.717) is 6.61 Å². The van der Waals surface area contributed by atoms with Crippen molar-refractivity contribution in [3.05, 3.63) is 63.7 Å². The van der Waals surface area contributed by atoms with Crippen molar-refractivity contribution in [1.82, 2.24) is 0 Å². The summed E-state index contributed by atoms with van der Waals surface area (Å²) in [6.45, 7) is 9.08. The zero-order valence-corrected chi connectivity index (χ0v) is 14.2. The standard InChI is InChI=1S/C18H21BrO/c1-12-5-13(2)7-17(6-12)11-20-18-14(3)8-16(10-19)9-15(18)4/h5-9H,10-11H2,1-4H3. The fourth-order valence-electron chi connectivity index (χ4n) is 2.65. The third-order valence-corrected chi connectivity index (χ3v) is 3.99. The number of rotatable bonds is 4. The van der Waals surface area contributed by atoms with Gasteiger partial charge in [-0.15, -0.1) is 0 Å². The number of hydrogen-bond acceptors (Lipinski definition) is 1. The lowest BCUT2D eigenvalue weighted by Crippen LogP contribution is -2.00. The molecule has 2 heteroatoms. The Kier molecular flexibility index (Phi) is 4.87. The molecular weight excluding hydrogens is 312 g/mol. The Hall–Kier alpha value is -1.28. The van der Waals surface area contributed by atoms with Crippen molar-refractivity contribution >= 4 is 15.9 Å². The molecule has 20 heavy (non-hydrogen) atoms. The molecule has 0 saturated carbocycles. The second kappa shape index (κ2) is 6.45. The lowest BCUT2D eigenvalue weighted by molar-refractivity contribution is 0.301. The maximum atomic E-state index is 6.05. The van der Waals surface area contributed by atoms with E-state index in [-0.39, 0.29) is 0 Å². The Morgan fingerprint density at radius 2 is 1.35 bits per heavy atom. The molecule has 2 rings (SSSR count). The molecule has 0 aliphatic carbocycles. The molecule has 0 radical (unpaired) electrons. The van der Waals surface area contributed by atoms with Crippen molar-refractivity contribution in [2.45, 2.75) is 39.6 Å². The zero-order valence-electron chi connectivity index (χ0n) is 12.6. The van der Waals surface area contributed by atoms with Crippen LogP contribution >= 0.6 is 15.9 Å². The van der Waals surface area contributed by atoms with Crippen LogP contribution < -0.4 is 4.74 Å². The summed E-state index contributed by atoms with van der Waals surface area (Å²) >= 11 is 3.50. The van der Waals surface area contributed by atoms with Gasteiger partial charge in [-0.25, -0.2) is 0 Å². The molecule has 0 aromatic heterocycles. The summed E-state index contributed by atoms with van der Waals surface area (Å²) in [5.41, 5.74) is 7.48. The number of halogens is 1. The first-order chi connectivity index (χ1) is 9.49. The van der Waals surface area contributed by atoms with Crippen LogP contribution in [0.15, 0.2) is 30.3 Å². The number of ether oxygens (including phenoxy) is 1. The highest BCUT2D eigenvalue weighted by atomic mass is 79.9. The third kappa shape index (κ3) is 3.63. The fourth-order valence-corrected chi connectivity index (χ4v) is 2.98. The van der Waals surface area contributed by atoms with Crippen LogP contribution in [0.3, 0.4) is 0 Å². The van der Waals surface area contributed by atoms with E-state index in [1.165, 1.54) is 33.4 Å². The molecule has 0 saturated heterocycles. The van der Waals surface area contributed by atoms with Crippen LogP contribution in [0.4, 0.5) is 0 Å². The molecule has 0 fully saturated rings. The molecule has 0 unspecified atom stereocenters. The first kappa shape index (κ1) is 15.1. The molecule has 0 aliphatic heterocycles. The molecule has 0 amide bonds. The second-order valence-corrected chi connectivity index (χ2v) is 6.04. The fraction of sp³-hybridized carbons (Fsp3) is 0.333. The molecule has 0 N–H and O–H groups in total. The molecule has 1 nitrogen and oxygen atoms in total. The van der Waals surface area contributed by atoms with Gasteiger partial charge in [0, 0.05) is 5.33 Å². The summed E-state index contributed by atoms with van der Waals surface area (Å²) < 4.78 is 6.05. The number of alkyl halides is 1. The van der Waals surface area contributed by atoms with E-state index >= 15 is 0 Å². The van der Waals surface area contributed by atoms with Crippen LogP contribution in [0.5, 0.6) is 5.75 Å². The van der Waals surface area contributed by atoms with Crippen LogP contribution in [-0.2, 0) is 11.9 Å². The van der Waals surface area contributed by atoms with Gasteiger partial charge in [-0.1, -0.05) is 57.4 Å². The van der Waals surface area contributed by atoms with Crippen LogP contribution in [-0.4, -0.2) is 0 Å². The van der Waals surface area contributed by atoms with E-state index in [1.807, 2.05) is 0 Å². The number of hydrogen-bond donors (Lipinski definition) is 0. The summed E-state index contributed by atoms with van der Waals surface area (Å²) in [4.78, 5) is 0. The summed E-state index contributed by atoms with van der Waals surface area (Å²) in [7, 11) is 0. The van der Waals surface area contributed by atoms with Crippen molar-refractivity contribution in [3.63, 3.8) is 0 Å². The molecule has 2 aromatic rings. The van der Waals surface area contributed by atoms with Gasteiger partial charge < -0.3 is 4.74 Å². The van der Waals surface area contributed by atoms with E-state index in [1.54, 1.807) is 0 Å². The Balaban J connectivity index is 2.18. The Morgan fingerprint density at radius 1 is 0.800 bits per heavy atom. The highest BCUT2D eigenvalue weighted by Gasteiger charge is 2.07. The minimum absolute atomic E-state index is 0.623. The molecule has 0 atom stereocenters. The molecule has 2 aromatic carbocycles. The van der Waals surface area contributed by atoms with Crippen molar-refractivity contribution in [2.24, 2.45) is 0 Å². The van der Waals surface area contributed by atoms with Crippen molar-refractivity contribution in [2.75, 3.05) is 0 Å². The van der Waals surface area contributed by atoms with Gasteiger partial charge in [0.15, 0.2) is 0 Å². The van der Waals surface area contributed by atoms with E-state index < -0.39 is 0 Å². The Bertz CT molecular complexity index is 574. The van der Waals surface area contributed by atoms with Crippen LogP contribution in [0.25, 0.3) is 0 Å². The largest absolute Gasteiger partial charge is 0.488 e. The van der Waals surface area contributed by atoms with Crippen LogP contribution in [0, 0.1) is 27.7 Å². The molecule has 0 spiro atoms. The monoisotopic (exact) mass is 332 g/mol. The van der Waals surface area contributed by atoms with Gasteiger partial charge in [-0.3, -0.25) is 0 Å². The van der Waals surface area contributed by atoms with Crippen molar-refractivity contribution in [3.8, 4) is 5.75 Å². The summed E-state index contributed by atoms with van der Waals surface area (Å²) in [6.07, 6.45) is 0. The highest BCUT2D eigenvalue weighted by molar-refractivity contribution is 9.08. The molecule has 0 bridgehead atoms. The minimum atomic E-state index is 0.623. The third-order valence-electron chi connectivity index (χ3n) is 3.34. The molecular formula is C18H21BrO. The van der Waals surface area contributed by atoms with Gasteiger partial charge in [0.05, 0.1) is 0 Å². The normalized spacial score (nSPS) is 10.7. The van der Waals surface area contributed by atoms with Crippen molar-refractivity contribution in [1.29, 1.82) is 0 Å². The molecule has 0 aliphatic rings. The van der Waals surface area contributed by atoms with Gasteiger partial charge >= 0.3 is 0 Å². The van der Waals surface area contributed by atoms with E-state index in [2.05, 4.69) is 74.0 Å². The lowest BCUT2D eigenvalue weighted by atomic mass is 10.1. The van der Waals surface area contributed by atoms with Gasteiger partial charge in [0.2, 0.25) is 0 Å². The van der Waals surface area contributed by atoms with Gasteiger partial charge in [0.1, 0.15) is 12.4 Å². The first-order valence-corrected chi connectivity index (χ1v) is 7.98. The topological polar surface area (TPSA) is 9.23 Å². The average molecular weight is 333 g/mol. The zero-order chi connectivity index (χ0) is 14.7. The van der Waals surface area contributed by atoms with Crippen LogP contribution in [0.1, 0.15) is 33.4 Å². The van der Waals surface area contributed by atoms with E-state index in [0.717, 1.165) is 11.1 Å². The summed E-state index contributed by atoms with van der Waals surface area (Å²) in [5, 5.41) is 0.881. The molecule has 106 valence electrons. The Labute approximate surface area is 130 Å². The summed E-state index contributed by atoms with van der Waals surface area (Å²) in [5.74, 6) is 1.01. The predicted molar refractivity (Wildman–Crippen MR) is 88.8 cm³/mol. The average Bonchev–Trinajstić information content (AvgIpc) is 2.36. The number of benzene rings is 2. The smallest absolute Gasteiger partial charge is 0.125 e. The van der Waals surface area contributed by atoms with Crippen LogP contribution in [0.2, 0.25) is 0 Å². The minimum Gasteiger partial charge on any atom is -0.488 e. The SMILES string of the molecule is Cc1cc(C)cc(COc2c(C)cc(CBr)cc2C)c1. The molecule has 0 heterocycles. The quantitative estimate of drug-likeness (QED) is 0.681. The predicted octanol–water partition coefficient (Wildman–Crippen LogP) is 5.39. The first-order valence-electron chi connectivity index (χ1n) is 6.85. The van der Waals surface area contributed by atoms with Gasteiger partial charge in [-0.05, 0) is 49.9 Å². The second-order valence-electron chi connectivity index (χ2n) is 5.48. The maximum absolute atomic E-state index is 6.05. The van der Waals surface area contributed by atoms with Gasteiger partial charge in [-0.2, -0.15) is 0 Å². The van der Waals surface area contributed by atoms with E-state index in [9.17, 15) is 0 Å². The van der Waals surface area contributed by atoms with Crippen molar-refractivity contribution < 1.29 is 4.74 Å². The van der Waals surface area contributed by atoms with E-state index in [4.69, 9.17) is 4.74 Å². The lowest BCUT2D eigenvalue weighted by Gasteiger charge is -2.14.